The number of terminal acetylenes is 1. The third-order valence-corrected chi connectivity index (χ3v) is 2.50. The molecular weight excluding hydrogens is 212 g/mol. The Morgan fingerprint density at radius 3 is 1.71 bits per heavy atom. The van der Waals surface area contributed by atoms with E-state index in [0.717, 1.165) is 26.3 Å². The average molecular weight is 244 g/mol. The van der Waals surface area contributed by atoms with Gasteiger partial charge in [0.2, 0.25) is 0 Å². The Bertz CT molecular complexity index is 132. The van der Waals surface area contributed by atoms with Gasteiger partial charge in [-0.05, 0) is 12.8 Å². The Morgan fingerprint density at radius 2 is 1.53 bits per heavy atom. The fraction of sp³-hybridized carbons (Fsp3) is 0.857. The van der Waals surface area contributed by atoms with Gasteiger partial charge < -0.3 is 15.8 Å². The molecule has 1 saturated carbocycles. The highest BCUT2D eigenvalue weighted by Crippen LogP contribution is 2.14. The fourth-order valence-electron chi connectivity index (χ4n) is 1.65. The second-order valence-electron chi connectivity index (χ2n) is 3.76. The average Bonchev–Trinajstić information content (AvgIpc) is 2.47. The molecular formula is C14H32N2O. The first-order chi connectivity index (χ1) is 8.39. The SMILES string of the molecule is C#C.C1COCCN1.CC.NC1CCCCC1.[HH]. The minimum absolute atomic E-state index is 0. The van der Waals surface area contributed by atoms with Crippen LogP contribution in [0.5, 0.6) is 0 Å². The lowest BCUT2D eigenvalue weighted by Gasteiger charge is -2.15. The molecule has 1 aliphatic carbocycles. The van der Waals surface area contributed by atoms with Gasteiger partial charge in [-0.15, -0.1) is 12.8 Å². The van der Waals surface area contributed by atoms with Crippen molar-refractivity contribution >= 4 is 0 Å². The minimum Gasteiger partial charge on any atom is -0.379 e. The molecule has 2 rings (SSSR count). The molecule has 0 atom stereocenters. The van der Waals surface area contributed by atoms with Gasteiger partial charge in [-0.3, -0.25) is 0 Å². The lowest BCUT2D eigenvalue weighted by molar-refractivity contribution is 0.109. The van der Waals surface area contributed by atoms with E-state index in [1.165, 1.54) is 32.1 Å². The van der Waals surface area contributed by atoms with Gasteiger partial charge in [-0.25, -0.2) is 0 Å². The number of hydrogen-bond acceptors (Lipinski definition) is 3. The number of ether oxygens (including phenoxy) is 1. The molecule has 1 heterocycles. The van der Waals surface area contributed by atoms with Crippen LogP contribution in [0.15, 0.2) is 0 Å². The Labute approximate surface area is 109 Å². The standard InChI is InChI=1S/C6H13N.C4H9NO.C2H6.C2H2.H2/c7-6-4-2-1-3-5-6;1-3-6-4-2-5-1;2*1-2;/h6H,1-5,7H2;5H,1-4H2;1-2H3;1-2H;1H. The summed E-state index contributed by atoms with van der Waals surface area (Å²) >= 11 is 0. The fourth-order valence-corrected chi connectivity index (χ4v) is 1.65. The van der Waals surface area contributed by atoms with Crippen LogP contribution in [-0.4, -0.2) is 32.3 Å². The number of nitrogens with two attached hydrogens (primary N) is 1. The zero-order chi connectivity index (χ0) is 13.4. The quantitative estimate of drug-likeness (QED) is 0.643. The van der Waals surface area contributed by atoms with E-state index < -0.39 is 0 Å². The molecule has 3 heteroatoms. The molecule has 0 aromatic rings. The number of nitrogens with one attached hydrogen (secondary N) is 1. The Morgan fingerprint density at radius 1 is 1.06 bits per heavy atom. The summed E-state index contributed by atoms with van der Waals surface area (Å²) in [5, 5.41) is 3.16. The molecule has 17 heavy (non-hydrogen) atoms. The summed E-state index contributed by atoms with van der Waals surface area (Å²) in [5.41, 5.74) is 5.63. The molecule has 3 N–H and O–H groups in total. The second kappa shape index (κ2) is 17.8. The van der Waals surface area contributed by atoms with E-state index in [-0.39, 0.29) is 1.43 Å². The van der Waals surface area contributed by atoms with Crippen molar-refractivity contribution in [3.63, 3.8) is 0 Å². The molecule has 104 valence electrons. The summed E-state index contributed by atoms with van der Waals surface area (Å²) in [6.45, 7) is 7.83. The molecule has 2 fully saturated rings. The van der Waals surface area contributed by atoms with Gasteiger partial charge in [0, 0.05) is 20.6 Å². The summed E-state index contributed by atoms with van der Waals surface area (Å²) in [6, 6.07) is 0.536. The van der Waals surface area contributed by atoms with E-state index in [1.807, 2.05) is 13.8 Å². The van der Waals surface area contributed by atoms with Gasteiger partial charge in [-0.1, -0.05) is 33.1 Å². The van der Waals surface area contributed by atoms with Gasteiger partial charge >= 0.3 is 0 Å². The number of rotatable bonds is 0. The molecule has 0 amide bonds. The van der Waals surface area contributed by atoms with E-state index >= 15 is 0 Å². The number of morpholine rings is 1. The van der Waals surface area contributed by atoms with Crippen molar-refractivity contribution in [2.24, 2.45) is 5.73 Å². The third-order valence-electron chi connectivity index (χ3n) is 2.50. The highest BCUT2D eigenvalue weighted by molar-refractivity contribution is 4.66. The van der Waals surface area contributed by atoms with Crippen molar-refractivity contribution in [3.8, 4) is 12.8 Å². The lowest BCUT2D eigenvalue weighted by atomic mass is 9.97. The normalized spacial score (nSPS) is 19.4. The molecule has 0 spiro atoms. The predicted molar refractivity (Wildman–Crippen MR) is 78.1 cm³/mol. The van der Waals surface area contributed by atoms with Crippen LogP contribution >= 0.6 is 0 Å². The summed E-state index contributed by atoms with van der Waals surface area (Å²) in [7, 11) is 0. The van der Waals surface area contributed by atoms with Gasteiger partial charge in [-0.2, -0.15) is 0 Å². The van der Waals surface area contributed by atoms with E-state index in [0.29, 0.717) is 6.04 Å². The highest BCUT2D eigenvalue weighted by atomic mass is 16.5. The van der Waals surface area contributed by atoms with E-state index in [1.54, 1.807) is 0 Å². The first-order valence-electron chi connectivity index (χ1n) is 6.77. The van der Waals surface area contributed by atoms with Crippen LogP contribution in [0, 0.1) is 12.8 Å². The van der Waals surface area contributed by atoms with Crippen molar-refractivity contribution in [2.45, 2.75) is 52.0 Å². The topological polar surface area (TPSA) is 47.3 Å². The Hall–Kier alpha value is -0.560. The molecule has 0 bridgehead atoms. The van der Waals surface area contributed by atoms with Crippen LogP contribution < -0.4 is 11.1 Å². The zero-order valence-corrected chi connectivity index (χ0v) is 11.6. The Balaban J connectivity index is -0.000000189. The van der Waals surface area contributed by atoms with Crippen LogP contribution in [0.1, 0.15) is 47.4 Å². The van der Waals surface area contributed by atoms with Gasteiger partial charge in [0.1, 0.15) is 0 Å². The zero-order valence-electron chi connectivity index (χ0n) is 11.6. The lowest BCUT2D eigenvalue weighted by Crippen LogP contribution is -2.30. The van der Waals surface area contributed by atoms with Crippen LogP contribution in [0.4, 0.5) is 0 Å². The van der Waals surface area contributed by atoms with Gasteiger partial charge in [0.15, 0.2) is 0 Å². The highest BCUT2D eigenvalue weighted by Gasteiger charge is 2.06. The summed E-state index contributed by atoms with van der Waals surface area (Å²) in [5.74, 6) is 0. The number of hydrogen-bond donors (Lipinski definition) is 2. The van der Waals surface area contributed by atoms with Crippen molar-refractivity contribution in [3.05, 3.63) is 0 Å². The van der Waals surface area contributed by atoms with Crippen molar-refractivity contribution in [1.82, 2.24) is 5.32 Å². The molecule has 0 aromatic heterocycles. The van der Waals surface area contributed by atoms with E-state index in [4.69, 9.17) is 10.5 Å². The maximum absolute atomic E-state index is 5.63. The molecule has 0 radical (unpaired) electrons. The minimum atomic E-state index is 0. The molecule has 3 nitrogen and oxygen atoms in total. The van der Waals surface area contributed by atoms with Crippen LogP contribution in [0.25, 0.3) is 0 Å². The predicted octanol–water partition coefficient (Wildman–Crippen LogP) is 2.41. The smallest absolute Gasteiger partial charge is 0.0591 e. The van der Waals surface area contributed by atoms with Gasteiger partial charge in [0.25, 0.3) is 0 Å². The van der Waals surface area contributed by atoms with Crippen molar-refractivity contribution < 1.29 is 6.16 Å². The molecule has 2 aliphatic rings. The van der Waals surface area contributed by atoms with Crippen LogP contribution in [0.2, 0.25) is 0 Å². The first-order valence-corrected chi connectivity index (χ1v) is 6.77. The van der Waals surface area contributed by atoms with E-state index in [2.05, 4.69) is 18.2 Å². The largest absolute Gasteiger partial charge is 0.379 e. The van der Waals surface area contributed by atoms with Crippen molar-refractivity contribution in [1.29, 1.82) is 0 Å². The summed E-state index contributed by atoms with van der Waals surface area (Å²) in [6.07, 6.45) is 14.7. The van der Waals surface area contributed by atoms with Crippen LogP contribution in [0.3, 0.4) is 0 Å². The summed E-state index contributed by atoms with van der Waals surface area (Å²) in [4.78, 5) is 0. The third kappa shape index (κ3) is 15.4. The maximum atomic E-state index is 5.63. The first kappa shape index (κ1) is 18.8. The second-order valence-corrected chi connectivity index (χ2v) is 3.76. The summed E-state index contributed by atoms with van der Waals surface area (Å²) < 4.78 is 5.01. The monoisotopic (exact) mass is 244 g/mol. The molecule has 0 aromatic carbocycles. The van der Waals surface area contributed by atoms with E-state index in [9.17, 15) is 0 Å². The molecule has 0 unspecified atom stereocenters. The van der Waals surface area contributed by atoms with Crippen LogP contribution in [-0.2, 0) is 4.74 Å². The maximum Gasteiger partial charge on any atom is 0.0591 e. The van der Waals surface area contributed by atoms with Gasteiger partial charge in [0.05, 0.1) is 13.2 Å². The Kier molecular flexibility index (Phi) is 19.7. The van der Waals surface area contributed by atoms with Crippen molar-refractivity contribution in [2.75, 3.05) is 26.3 Å². The molecule has 1 aliphatic heterocycles. The molecule has 1 saturated heterocycles.